The number of halogens is 3. The van der Waals surface area contributed by atoms with Crippen LogP contribution in [0.3, 0.4) is 0 Å². The number of piperidine rings is 1. The van der Waals surface area contributed by atoms with E-state index in [1.165, 1.54) is 22.5 Å². The van der Waals surface area contributed by atoms with Crippen molar-refractivity contribution in [2.24, 2.45) is 5.92 Å². The summed E-state index contributed by atoms with van der Waals surface area (Å²) in [5.41, 5.74) is 0.469. The fraction of sp³-hybridized carbons (Fsp3) is 0.381. The highest BCUT2D eigenvalue weighted by molar-refractivity contribution is 7.88. The van der Waals surface area contributed by atoms with E-state index < -0.39 is 33.6 Å². The summed E-state index contributed by atoms with van der Waals surface area (Å²) in [4.78, 5) is 12.5. The smallest absolute Gasteiger partial charge is 0.325 e. The lowest BCUT2D eigenvalue weighted by Crippen LogP contribution is -2.42. The van der Waals surface area contributed by atoms with Gasteiger partial charge in [-0.25, -0.2) is 12.7 Å². The molecule has 0 unspecified atom stereocenters. The van der Waals surface area contributed by atoms with Crippen molar-refractivity contribution in [2.75, 3.05) is 18.4 Å². The van der Waals surface area contributed by atoms with E-state index in [1.54, 1.807) is 12.1 Å². The maximum Gasteiger partial charge on any atom is 0.418 e. The van der Waals surface area contributed by atoms with Crippen LogP contribution in [0, 0.1) is 12.8 Å². The van der Waals surface area contributed by atoms with E-state index in [9.17, 15) is 26.4 Å². The summed E-state index contributed by atoms with van der Waals surface area (Å²) in [6, 6.07) is 12.1. The molecule has 0 radical (unpaired) electrons. The third-order valence-electron chi connectivity index (χ3n) is 5.14. The number of alkyl halides is 3. The average molecular weight is 440 g/mol. The van der Waals surface area contributed by atoms with E-state index in [0.29, 0.717) is 5.56 Å². The number of anilines is 1. The summed E-state index contributed by atoms with van der Waals surface area (Å²) >= 11 is 0. The van der Waals surface area contributed by atoms with Gasteiger partial charge in [0, 0.05) is 19.0 Å². The van der Waals surface area contributed by atoms with Gasteiger partial charge in [0.1, 0.15) is 0 Å². The second-order valence-electron chi connectivity index (χ2n) is 7.45. The van der Waals surface area contributed by atoms with Gasteiger partial charge in [-0.05, 0) is 37.5 Å². The van der Waals surface area contributed by atoms with Gasteiger partial charge in [-0.3, -0.25) is 4.79 Å². The number of benzene rings is 2. The predicted molar refractivity (Wildman–Crippen MR) is 108 cm³/mol. The number of amides is 1. The summed E-state index contributed by atoms with van der Waals surface area (Å²) < 4.78 is 66.0. The van der Waals surface area contributed by atoms with Crippen LogP contribution in [0.5, 0.6) is 0 Å². The van der Waals surface area contributed by atoms with Crippen LogP contribution in [0.2, 0.25) is 0 Å². The summed E-state index contributed by atoms with van der Waals surface area (Å²) in [7, 11) is -3.53. The lowest BCUT2D eigenvalue weighted by molar-refractivity contribution is -0.137. The molecule has 0 aromatic heterocycles. The molecule has 0 atom stereocenters. The van der Waals surface area contributed by atoms with Crippen molar-refractivity contribution in [2.45, 2.75) is 31.7 Å². The Morgan fingerprint density at radius 3 is 2.40 bits per heavy atom. The molecule has 0 spiro atoms. The normalized spacial score (nSPS) is 16.4. The second kappa shape index (κ2) is 8.77. The number of aryl methyl sites for hydroxylation is 1. The quantitative estimate of drug-likeness (QED) is 0.758. The number of hydrogen-bond acceptors (Lipinski definition) is 3. The molecule has 0 saturated carbocycles. The Bertz CT molecular complexity index is 1010. The van der Waals surface area contributed by atoms with E-state index in [2.05, 4.69) is 5.32 Å². The zero-order chi connectivity index (χ0) is 21.9. The Labute approximate surface area is 173 Å². The van der Waals surface area contributed by atoms with Crippen molar-refractivity contribution >= 4 is 21.6 Å². The van der Waals surface area contributed by atoms with Crippen LogP contribution in [-0.4, -0.2) is 31.7 Å². The van der Waals surface area contributed by atoms with Crippen molar-refractivity contribution in [3.05, 3.63) is 65.2 Å². The number of para-hydroxylation sites is 1. The van der Waals surface area contributed by atoms with E-state index >= 15 is 0 Å². The third kappa shape index (κ3) is 5.40. The van der Waals surface area contributed by atoms with Crippen LogP contribution in [0.1, 0.15) is 29.5 Å². The topological polar surface area (TPSA) is 66.5 Å². The lowest BCUT2D eigenvalue weighted by atomic mass is 9.97. The van der Waals surface area contributed by atoms with Crippen LogP contribution in [0.4, 0.5) is 18.9 Å². The molecule has 1 aliphatic rings. The molecule has 1 N–H and O–H groups in total. The molecule has 1 fully saturated rings. The number of hydrogen-bond donors (Lipinski definition) is 1. The summed E-state index contributed by atoms with van der Waals surface area (Å²) in [5.74, 6) is -1.19. The molecule has 5 nitrogen and oxygen atoms in total. The van der Waals surface area contributed by atoms with Gasteiger partial charge < -0.3 is 5.32 Å². The second-order valence-corrected chi connectivity index (χ2v) is 9.42. The maximum atomic E-state index is 13.1. The van der Waals surface area contributed by atoms with Crippen molar-refractivity contribution < 1.29 is 26.4 Å². The molecule has 162 valence electrons. The Hall–Kier alpha value is -2.39. The number of carbonyl (C=O) groups excluding carboxylic acids is 1. The number of rotatable bonds is 5. The van der Waals surface area contributed by atoms with Crippen molar-refractivity contribution in [1.82, 2.24) is 4.31 Å². The molecule has 30 heavy (non-hydrogen) atoms. The van der Waals surface area contributed by atoms with E-state index in [0.717, 1.165) is 11.6 Å². The highest BCUT2D eigenvalue weighted by Crippen LogP contribution is 2.35. The van der Waals surface area contributed by atoms with Gasteiger partial charge in [-0.15, -0.1) is 0 Å². The van der Waals surface area contributed by atoms with Crippen molar-refractivity contribution in [3.8, 4) is 0 Å². The molecule has 0 bridgehead atoms. The SMILES string of the molecule is Cc1cccc(CS(=O)(=O)N2CCC(C(=O)Nc3ccccc3C(F)(F)F)CC2)c1. The highest BCUT2D eigenvalue weighted by Gasteiger charge is 2.35. The van der Waals surface area contributed by atoms with Crippen LogP contribution in [0.15, 0.2) is 48.5 Å². The van der Waals surface area contributed by atoms with E-state index in [4.69, 9.17) is 0 Å². The molecule has 1 amide bonds. The zero-order valence-corrected chi connectivity index (χ0v) is 17.3. The Balaban J connectivity index is 1.61. The minimum atomic E-state index is -4.57. The molecule has 3 rings (SSSR count). The molecule has 9 heteroatoms. The van der Waals surface area contributed by atoms with Crippen molar-refractivity contribution in [1.29, 1.82) is 0 Å². The fourth-order valence-electron chi connectivity index (χ4n) is 3.57. The number of sulfonamides is 1. The maximum absolute atomic E-state index is 13.1. The van der Waals surface area contributed by atoms with E-state index in [1.807, 2.05) is 19.1 Å². The first-order valence-electron chi connectivity index (χ1n) is 9.57. The summed E-state index contributed by atoms with van der Waals surface area (Å²) in [6.07, 6.45) is -4.06. The number of nitrogens with one attached hydrogen (secondary N) is 1. The fourth-order valence-corrected chi connectivity index (χ4v) is 5.12. The monoisotopic (exact) mass is 440 g/mol. The Morgan fingerprint density at radius 1 is 1.10 bits per heavy atom. The Morgan fingerprint density at radius 2 is 1.77 bits per heavy atom. The molecule has 2 aromatic carbocycles. The largest absolute Gasteiger partial charge is 0.418 e. The van der Waals surface area contributed by atoms with Gasteiger partial charge in [-0.2, -0.15) is 13.2 Å². The van der Waals surface area contributed by atoms with E-state index in [-0.39, 0.29) is 37.4 Å². The van der Waals surface area contributed by atoms with Gasteiger partial charge >= 0.3 is 6.18 Å². The molecule has 2 aromatic rings. The highest BCUT2D eigenvalue weighted by atomic mass is 32.2. The lowest BCUT2D eigenvalue weighted by Gasteiger charge is -2.30. The average Bonchev–Trinajstić information content (AvgIpc) is 2.67. The van der Waals surface area contributed by atoms with Gasteiger partial charge in [-0.1, -0.05) is 42.0 Å². The van der Waals surface area contributed by atoms with Crippen LogP contribution in [0.25, 0.3) is 0 Å². The summed E-state index contributed by atoms with van der Waals surface area (Å²) in [6.45, 7) is 2.21. The minimum absolute atomic E-state index is 0.121. The molecule has 0 aliphatic carbocycles. The van der Waals surface area contributed by atoms with Crippen molar-refractivity contribution in [3.63, 3.8) is 0 Å². The van der Waals surface area contributed by atoms with Gasteiger partial charge in [0.2, 0.25) is 15.9 Å². The number of nitrogens with zero attached hydrogens (tertiary/aromatic N) is 1. The minimum Gasteiger partial charge on any atom is -0.325 e. The van der Waals surface area contributed by atoms with Crippen LogP contribution < -0.4 is 5.32 Å². The predicted octanol–water partition coefficient (Wildman–Crippen LogP) is 4.19. The molecule has 1 heterocycles. The molecular weight excluding hydrogens is 417 g/mol. The van der Waals surface area contributed by atoms with Gasteiger partial charge in [0.15, 0.2) is 0 Å². The first-order valence-corrected chi connectivity index (χ1v) is 11.2. The molecule has 1 aliphatic heterocycles. The third-order valence-corrected chi connectivity index (χ3v) is 6.99. The standard InChI is InChI=1S/C21H23F3N2O3S/c1-15-5-4-6-16(13-15)14-30(28,29)26-11-9-17(10-12-26)20(27)25-19-8-3-2-7-18(19)21(22,23)24/h2-8,13,17H,9-12,14H2,1H3,(H,25,27). The molecule has 1 saturated heterocycles. The molecular formula is C21H23F3N2O3S. The van der Waals surface area contributed by atoms with Crippen LogP contribution >= 0.6 is 0 Å². The van der Waals surface area contributed by atoms with Gasteiger partial charge in [0.25, 0.3) is 0 Å². The van der Waals surface area contributed by atoms with Gasteiger partial charge in [0.05, 0.1) is 17.0 Å². The first kappa shape index (κ1) is 22.3. The summed E-state index contributed by atoms with van der Waals surface area (Å²) in [5, 5.41) is 2.36. The number of carbonyl (C=O) groups is 1. The first-order chi connectivity index (χ1) is 14.1. The van der Waals surface area contributed by atoms with Crippen LogP contribution in [-0.2, 0) is 26.7 Å². The Kier molecular flexibility index (Phi) is 6.52. The zero-order valence-electron chi connectivity index (χ0n) is 16.4.